The van der Waals surface area contributed by atoms with Gasteiger partial charge in [0.25, 0.3) is 17.1 Å². The Morgan fingerprint density at radius 1 is 1.00 bits per heavy atom. The molecule has 3 aromatic rings. The zero-order valence-corrected chi connectivity index (χ0v) is 24.3. The van der Waals surface area contributed by atoms with Gasteiger partial charge in [-0.15, -0.1) is 0 Å². The van der Waals surface area contributed by atoms with E-state index in [4.69, 9.17) is 9.47 Å². The molecule has 1 aliphatic heterocycles. The highest BCUT2D eigenvalue weighted by Crippen LogP contribution is 2.32. The number of methoxy groups -OCH3 is 2. The van der Waals surface area contributed by atoms with E-state index in [1.54, 1.807) is 37.5 Å². The van der Waals surface area contributed by atoms with Gasteiger partial charge in [-0.3, -0.25) is 19.3 Å². The number of rotatable bonds is 11. The summed E-state index contributed by atoms with van der Waals surface area (Å²) < 4.78 is 38.3. The number of hydrogen-bond donors (Lipinski definition) is 1. The lowest BCUT2D eigenvalue weighted by Gasteiger charge is -2.19. The van der Waals surface area contributed by atoms with Crippen LogP contribution in [0.3, 0.4) is 0 Å². The lowest BCUT2D eigenvalue weighted by Crippen LogP contribution is -2.37. The van der Waals surface area contributed by atoms with E-state index in [9.17, 15) is 22.8 Å². The number of nitrogens with zero attached hydrogens (tertiary/aromatic N) is 2. The average Bonchev–Trinajstić information content (AvgIpc) is 3.24. The van der Waals surface area contributed by atoms with E-state index in [1.807, 2.05) is 30.3 Å². The van der Waals surface area contributed by atoms with Crippen LogP contribution in [0.5, 0.6) is 11.5 Å². The highest BCUT2D eigenvalue weighted by Gasteiger charge is 2.34. The Kier molecular flexibility index (Phi) is 9.48. The Hall–Kier alpha value is -4.13. The van der Waals surface area contributed by atoms with Crippen molar-refractivity contribution in [2.24, 2.45) is 0 Å². The van der Waals surface area contributed by atoms with Gasteiger partial charge in [-0.1, -0.05) is 42.5 Å². The van der Waals surface area contributed by atoms with Gasteiger partial charge in [-0.25, -0.2) is 8.42 Å². The van der Waals surface area contributed by atoms with Gasteiger partial charge in [0, 0.05) is 32.2 Å². The van der Waals surface area contributed by atoms with Crippen LogP contribution in [0.25, 0.3) is 6.08 Å². The standard InChI is InChI=1S/C29H29N3O7S2/c1-31(19-21-7-5-4-6-8-21)41(36,37)26-18-22(11-14-24(26)39-3)27(33)30-15-16-32-28(34)25(40-29(32)35)17-20-9-12-23(38-2)13-10-20/h4-14,17-18H,15-16,19H2,1-3H3,(H,30,33). The van der Waals surface area contributed by atoms with Crippen LogP contribution in [0, 0.1) is 0 Å². The average molecular weight is 596 g/mol. The second-order valence-corrected chi connectivity index (χ2v) is 12.0. The monoisotopic (exact) mass is 595 g/mol. The molecule has 10 nitrogen and oxygen atoms in total. The first-order valence-corrected chi connectivity index (χ1v) is 14.8. The molecule has 1 aliphatic rings. The molecule has 0 aromatic heterocycles. The van der Waals surface area contributed by atoms with Crippen LogP contribution in [-0.4, -0.2) is 69.0 Å². The molecular weight excluding hydrogens is 566 g/mol. The van der Waals surface area contributed by atoms with Gasteiger partial charge in [0.05, 0.1) is 19.1 Å². The lowest BCUT2D eigenvalue weighted by atomic mass is 10.2. The van der Waals surface area contributed by atoms with E-state index in [1.165, 1.54) is 36.7 Å². The second-order valence-electron chi connectivity index (χ2n) is 8.97. The molecule has 4 rings (SSSR count). The normalized spacial score (nSPS) is 14.5. The summed E-state index contributed by atoms with van der Waals surface area (Å²) in [5, 5.41) is 2.21. The van der Waals surface area contributed by atoms with Crippen molar-refractivity contribution >= 4 is 44.9 Å². The molecule has 1 fully saturated rings. The number of amides is 3. The Labute approximate surface area is 243 Å². The predicted octanol–water partition coefficient (Wildman–Crippen LogP) is 3.99. The second kappa shape index (κ2) is 13.0. The van der Waals surface area contributed by atoms with Gasteiger partial charge < -0.3 is 14.8 Å². The summed E-state index contributed by atoms with van der Waals surface area (Å²) in [6.45, 7) is 0.0692. The van der Waals surface area contributed by atoms with Crippen LogP contribution in [0.1, 0.15) is 21.5 Å². The number of carbonyl (C=O) groups is 3. The number of imide groups is 1. The van der Waals surface area contributed by atoms with E-state index < -0.39 is 27.1 Å². The van der Waals surface area contributed by atoms with Gasteiger partial charge in [-0.05, 0) is 59.3 Å². The van der Waals surface area contributed by atoms with E-state index >= 15 is 0 Å². The lowest BCUT2D eigenvalue weighted by molar-refractivity contribution is -0.122. The van der Waals surface area contributed by atoms with E-state index in [0.29, 0.717) is 5.75 Å². The zero-order valence-electron chi connectivity index (χ0n) is 22.7. The van der Waals surface area contributed by atoms with Gasteiger partial charge in [0.15, 0.2) is 0 Å². The molecule has 1 N–H and O–H groups in total. The summed E-state index contributed by atoms with van der Waals surface area (Å²) >= 11 is 0.823. The summed E-state index contributed by atoms with van der Waals surface area (Å²) in [6.07, 6.45) is 1.62. The zero-order chi connectivity index (χ0) is 29.6. The number of hydrogen-bond acceptors (Lipinski definition) is 8. The molecule has 1 saturated heterocycles. The predicted molar refractivity (Wildman–Crippen MR) is 156 cm³/mol. The summed E-state index contributed by atoms with van der Waals surface area (Å²) in [7, 11) is 0.355. The Bertz CT molecular complexity index is 1570. The molecule has 12 heteroatoms. The third kappa shape index (κ3) is 6.96. The third-order valence-corrected chi connectivity index (χ3v) is 9.00. The molecular formula is C29H29N3O7S2. The molecule has 0 saturated carbocycles. The Balaban J connectivity index is 1.41. The van der Waals surface area contributed by atoms with E-state index in [-0.39, 0.29) is 40.7 Å². The number of nitrogens with one attached hydrogen (secondary N) is 1. The number of benzene rings is 3. The molecule has 0 bridgehead atoms. The molecule has 3 aromatic carbocycles. The number of thioether (sulfide) groups is 1. The maximum atomic E-state index is 13.4. The summed E-state index contributed by atoms with van der Waals surface area (Å²) in [5.74, 6) is -0.241. The Morgan fingerprint density at radius 2 is 1.71 bits per heavy atom. The minimum atomic E-state index is -4.01. The molecule has 0 unspecified atom stereocenters. The van der Waals surface area contributed by atoms with Crippen molar-refractivity contribution in [2.75, 3.05) is 34.4 Å². The van der Waals surface area contributed by atoms with Crippen molar-refractivity contribution in [1.29, 1.82) is 0 Å². The topological polar surface area (TPSA) is 122 Å². The fourth-order valence-corrected chi connectivity index (χ4v) is 6.24. The van der Waals surface area contributed by atoms with Crippen molar-refractivity contribution in [3.05, 3.63) is 94.4 Å². The van der Waals surface area contributed by atoms with Crippen LogP contribution in [0.15, 0.2) is 82.6 Å². The van der Waals surface area contributed by atoms with Crippen molar-refractivity contribution in [3.63, 3.8) is 0 Å². The first-order chi connectivity index (χ1) is 19.6. The molecule has 0 spiro atoms. The highest BCUT2D eigenvalue weighted by atomic mass is 32.2. The first kappa shape index (κ1) is 29.8. The van der Waals surface area contributed by atoms with Crippen LogP contribution in [0.4, 0.5) is 4.79 Å². The maximum absolute atomic E-state index is 13.4. The quantitative estimate of drug-likeness (QED) is 0.330. The van der Waals surface area contributed by atoms with Crippen molar-refractivity contribution in [2.45, 2.75) is 11.4 Å². The largest absolute Gasteiger partial charge is 0.497 e. The number of sulfonamides is 1. The SMILES string of the molecule is COc1ccc(C=C2SC(=O)N(CCNC(=O)c3ccc(OC)c(S(=O)(=O)N(C)Cc4ccccc4)c3)C2=O)cc1. The molecule has 0 radical (unpaired) electrons. The molecule has 41 heavy (non-hydrogen) atoms. The third-order valence-electron chi connectivity index (χ3n) is 6.27. The van der Waals surface area contributed by atoms with Crippen molar-refractivity contribution in [3.8, 4) is 11.5 Å². The molecule has 214 valence electrons. The fraction of sp³-hybridized carbons (Fsp3) is 0.207. The van der Waals surface area contributed by atoms with Crippen molar-refractivity contribution < 1.29 is 32.3 Å². The van der Waals surface area contributed by atoms with Crippen LogP contribution in [-0.2, 0) is 21.4 Å². The number of ether oxygens (including phenoxy) is 2. The minimum absolute atomic E-state index is 0.0191. The fourth-order valence-electron chi connectivity index (χ4n) is 4.04. The van der Waals surface area contributed by atoms with E-state index in [0.717, 1.165) is 27.8 Å². The van der Waals surface area contributed by atoms with Crippen LogP contribution < -0.4 is 14.8 Å². The summed E-state index contributed by atoms with van der Waals surface area (Å²) in [5.41, 5.74) is 1.63. The van der Waals surface area contributed by atoms with Gasteiger partial charge in [-0.2, -0.15) is 4.31 Å². The first-order valence-electron chi connectivity index (χ1n) is 12.5. The summed E-state index contributed by atoms with van der Waals surface area (Å²) in [6, 6.07) is 20.3. The molecule has 1 heterocycles. The Morgan fingerprint density at radius 3 is 2.37 bits per heavy atom. The molecule has 3 amide bonds. The highest BCUT2D eigenvalue weighted by molar-refractivity contribution is 8.18. The van der Waals surface area contributed by atoms with Crippen LogP contribution >= 0.6 is 11.8 Å². The van der Waals surface area contributed by atoms with Gasteiger partial charge >= 0.3 is 0 Å². The molecule has 0 aliphatic carbocycles. The van der Waals surface area contributed by atoms with Crippen LogP contribution in [0.2, 0.25) is 0 Å². The van der Waals surface area contributed by atoms with Gasteiger partial charge in [0.2, 0.25) is 10.0 Å². The smallest absolute Gasteiger partial charge is 0.293 e. The maximum Gasteiger partial charge on any atom is 0.293 e. The van der Waals surface area contributed by atoms with E-state index in [2.05, 4.69) is 5.32 Å². The van der Waals surface area contributed by atoms with Crippen molar-refractivity contribution in [1.82, 2.24) is 14.5 Å². The molecule has 0 atom stereocenters. The van der Waals surface area contributed by atoms with Gasteiger partial charge in [0.1, 0.15) is 16.4 Å². The number of carbonyl (C=O) groups excluding carboxylic acids is 3. The summed E-state index contributed by atoms with van der Waals surface area (Å²) in [4.78, 5) is 39.3. The minimum Gasteiger partial charge on any atom is -0.497 e.